The van der Waals surface area contributed by atoms with E-state index in [4.69, 9.17) is 9.47 Å². The van der Waals surface area contributed by atoms with E-state index in [1.165, 1.54) is 18.6 Å². The van der Waals surface area contributed by atoms with Crippen LogP contribution in [-0.2, 0) is 19.1 Å². The molecule has 122 valence electrons. The van der Waals surface area contributed by atoms with Gasteiger partial charge in [-0.2, -0.15) is 0 Å². The third-order valence-corrected chi connectivity index (χ3v) is 3.04. The summed E-state index contributed by atoms with van der Waals surface area (Å²) in [6.45, 7) is 5.19. The number of esters is 2. The summed E-state index contributed by atoms with van der Waals surface area (Å²) in [5.41, 5.74) is 0. The molecule has 0 radical (unpaired) electrons. The molecule has 0 aliphatic rings. The van der Waals surface area contributed by atoms with Crippen LogP contribution in [0.15, 0.2) is 12.2 Å². The largest absolute Gasteiger partial charge is 0.465 e. The van der Waals surface area contributed by atoms with Crippen molar-refractivity contribution in [2.45, 2.75) is 71.6 Å². The van der Waals surface area contributed by atoms with Gasteiger partial charge in [-0.25, -0.2) is 4.79 Å². The Morgan fingerprint density at radius 3 is 1.95 bits per heavy atom. The van der Waals surface area contributed by atoms with Crippen molar-refractivity contribution < 1.29 is 19.1 Å². The molecule has 0 aromatic carbocycles. The Hall–Kier alpha value is -1.32. The molecule has 0 amide bonds. The van der Waals surface area contributed by atoms with Crippen molar-refractivity contribution in [2.75, 3.05) is 13.2 Å². The first-order valence-corrected chi connectivity index (χ1v) is 8.19. The monoisotopic (exact) mass is 298 g/mol. The molecule has 0 N–H and O–H groups in total. The van der Waals surface area contributed by atoms with Crippen LogP contribution in [0.3, 0.4) is 0 Å². The number of ether oxygens (including phenoxy) is 2. The van der Waals surface area contributed by atoms with Crippen molar-refractivity contribution in [3.8, 4) is 0 Å². The fourth-order valence-electron chi connectivity index (χ4n) is 1.77. The lowest BCUT2D eigenvalue weighted by molar-refractivity contribution is -0.142. The molecule has 0 aliphatic carbocycles. The maximum Gasteiger partial charge on any atom is 0.330 e. The lowest BCUT2D eigenvalue weighted by atomic mass is 10.2. The molecule has 4 nitrogen and oxygen atoms in total. The molecule has 0 saturated carbocycles. The summed E-state index contributed by atoms with van der Waals surface area (Å²) in [6, 6.07) is 0. The van der Waals surface area contributed by atoms with E-state index in [2.05, 4.69) is 13.8 Å². The summed E-state index contributed by atoms with van der Waals surface area (Å²) in [5, 5.41) is 0. The van der Waals surface area contributed by atoms with Gasteiger partial charge in [-0.1, -0.05) is 58.4 Å². The van der Waals surface area contributed by atoms with Gasteiger partial charge in [0, 0.05) is 6.08 Å². The Kier molecular flexibility index (Phi) is 14.1. The molecule has 4 heteroatoms. The van der Waals surface area contributed by atoms with Crippen molar-refractivity contribution in [3.05, 3.63) is 12.2 Å². The van der Waals surface area contributed by atoms with Crippen LogP contribution in [-0.4, -0.2) is 25.2 Å². The topological polar surface area (TPSA) is 52.6 Å². The molecule has 0 heterocycles. The molecule has 0 atom stereocenters. The summed E-state index contributed by atoms with van der Waals surface area (Å²) in [7, 11) is 0. The lowest BCUT2D eigenvalue weighted by Gasteiger charge is -2.02. The Morgan fingerprint density at radius 2 is 1.38 bits per heavy atom. The molecule has 0 unspecified atom stereocenters. The smallest absolute Gasteiger partial charge is 0.330 e. The Morgan fingerprint density at radius 1 is 0.810 bits per heavy atom. The quantitative estimate of drug-likeness (QED) is 0.291. The normalized spacial score (nSPS) is 10.8. The van der Waals surface area contributed by atoms with Crippen molar-refractivity contribution in [3.63, 3.8) is 0 Å². The van der Waals surface area contributed by atoms with Gasteiger partial charge in [-0.05, 0) is 12.8 Å². The van der Waals surface area contributed by atoms with Gasteiger partial charge in [-0.15, -0.1) is 0 Å². The molecule has 0 aromatic rings. The molecule has 0 aliphatic heterocycles. The maximum absolute atomic E-state index is 11.4. The molecule has 0 bridgehead atoms. The van der Waals surface area contributed by atoms with Gasteiger partial charge in [-0.3, -0.25) is 4.79 Å². The minimum atomic E-state index is -0.387. The van der Waals surface area contributed by atoms with Crippen LogP contribution in [0.1, 0.15) is 71.6 Å². The van der Waals surface area contributed by atoms with Crippen molar-refractivity contribution in [1.29, 1.82) is 0 Å². The van der Waals surface area contributed by atoms with Crippen molar-refractivity contribution in [2.24, 2.45) is 0 Å². The fourth-order valence-corrected chi connectivity index (χ4v) is 1.77. The van der Waals surface area contributed by atoms with E-state index in [0.29, 0.717) is 13.2 Å². The van der Waals surface area contributed by atoms with Crippen LogP contribution in [0.2, 0.25) is 0 Å². The Labute approximate surface area is 128 Å². The van der Waals surface area contributed by atoms with E-state index in [0.717, 1.165) is 44.9 Å². The summed E-state index contributed by atoms with van der Waals surface area (Å²) in [5.74, 6) is -0.680. The zero-order valence-electron chi connectivity index (χ0n) is 13.6. The molecule has 0 saturated heterocycles. The molecule has 0 fully saturated rings. The Balaban J connectivity index is 3.50. The van der Waals surface area contributed by atoms with E-state index >= 15 is 0 Å². The van der Waals surface area contributed by atoms with Gasteiger partial charge < -0.3 is 9.47 Å². The highest BCUT2D eigenvalue weighted by Crippen LogP contribution is 2.01. The van der Waals surface area contributed by atoms with Crippen LogP contribution < -0.4 is 0 Å². The van der Waals surface area contributed by atoms with Crippen LogP contribution in [0.5, 0.6) is 0 Å². The third-order valence-electron chi connectivity index (χ3n) is 3.04. The van der Waals surface area contributed by atoms with Gasteiger partial charge in [0.1, 0.15) is 0 Å². The molecular formula is C17H30O4. The number of hydrogen-bond acceptors (Lipinski definition) is 4. The molecule has 0 spiro atoms. The van der Waals surface area contributed by atoms with Gasteiger partial charge in [0.15, 0.2) is 0 Å². The molecule has 0 aromatic heterocycles. The first kappa shape index (κ1) is 19.7. The van der Waals surface area contributed by atoms with Gasteiger partial charge in [0.2, 0.25) is 0 Å². The SMILES string of the molecule is CCCCCCOC(=O)C=CCC(=O)OCCCCCC. The van der Waals surface area contributed by atoms with Gasteiger partial charge >= 0.3 is 11.9 Å². The highest BCUT2D eigenvalue weighted by Gasteiger charge is 2.01. The van der Waals surface area contributed by atoms with E-state index in [1.807, 2.05) is 0 Å². The average molecular weight is 298 g/mol. The number of hydrogen-bond donors (Lipinski definition) is 0. The summed E-state index contributed by atoms with van der Waals surface area (Å²) in [4.78, 5) is 22.7. The second kappa shape index (κ2) is 15.1. The van der Waals surface area contributed by atoms with E-state index in [-0.39, 0.29) is 18.4 Å². The average Bonchev–Trinajstić information content (AvgIpc) is 2.47. The highest BCUT2D eigenvalue weighted by molar-refractivity contribution is 5.83. The Bertz CT molecular complexity index is 297. The number of carbonyl (C=O) groups excluding carboxylic acids is 2. The minimum Gasteiger partial charge on any atom is -0.465 e. The predicted molar refractivity (Wildman–Crippen MR) is 84.0 cm³/mol. The van der Waals surface area contributed by atoms with Crippen LogP contribution in [0.25, 0.3) is 0 Å². The number of rotatable bonds is 13. The molecular weight excluding hydrogens is 268 g/mol. The van der Waals surface area contributed by atoms with E-state index in [9.17, 15) is 9.59 Å². The number of unbranched alkanes of at least 4 members (excludes halogenated alkanes) is 6. The second-order valence-electron chi connectivity index (χ2n) is 5.12. The van der Waals surface area contributed by atoms with Crippen LogP contribution in [0.4, 0.5) is 0 Å². The lowest BCUT2D eigenvalue weighted by Crippen LogP contribution is -2.05. The molecule has 21 heavy (non-hydrogen) atoms. The predicted octanol–water partition coefficient (Wildman–Crippen LogP) is 4.18. The van der Waals surface area contributed by atoms with E-state index < -0.39 is 0 Å². The summed E-state index contributed by atoms with van der Waals surface area (Å²) < 4.78 is 10.1. The standard InChI is InChI=1S/C17H30O4/c1-3-5-7-9-14-20-16(18)12-11-13-17(19)21-15-10-8-6-4-2/h11-12H,3-10,13-15H2,1-2H3. The third kappa shape index (κ3) is 14.9. The van der Waals surface area contributed by atoms with E-state index in [1.54, 1.807) is 0 Å². The van der Waals surface area contributed by atoms with Crippen LogP contribution in [0, 0.1) is 0 Å². The minimum absolute atomic E-state index is 0.124. The van der Waals surface area contributed by atoms with Crippen LogP contribution >= 0.6 is 0 Å². The highest BCUT2D eigenvalue weighted by atomic mass is 16.5. The van der Waals surface area contributed by atoms with Crippen molar-refractivity contribution in [1.82, 2.24) is 0 Å². The second-order valence-corrected chi connectivity index (χ2v) is 5.12. The zero-order chi connectivity index (χ0) is 15.8. The maximum atomic E-state index is 11.4. The fraction of sp³-hybridized carbons (Fsp3) is 0.765. The van der Waals surface area contributed by atoms with Gasteiger partial charge in [0.05, 0.1) is 19.6 Å². The molecule has 0 rings (SSSR count). The first-order valence-electron chi connectivity index (χ1n) is 8.19. The summed E-state index contributed by atoms with van der Waals surface area (Å²) >= 11 is 0. The number of carbonyl (C=O) groups is 2. The zero-order valence-corrected chi connectivity index (χ0v) is 13.6. The first-order chi connectivity index (χ1) is 10.2. The van der Waals surface area contributed by atoms with Gasteiger partial charge in [0.25, 0.3) is 0 Å². The summed E-state index contributed by atoms with van der Waals surface area (Å²) in [6.07, 6.45) is 11.6. The van der Waals surface area contributed by atoms with Crippen molar-refractivity contribution >= 4 is 11.9 Å².